The molecule has 0 aliphatic heterocycles. The van der Waals surface area contributed by atoms with E-state index in [4.69, 9.17) is 14.6 Å². The van der Waals surface area contributed by atoms with Gasteiger partial charge in [-0.15, -0.1) is 0 Å². The molecule has 0 fully saturated rings. The van der Waals surface area contributed by atoms with Gasteiger partial charge >= 0.3 is 11.9 Å². The number of aryl methyl sites for hydroxylation is 1. The third kappa shape index (κ3) is 5.19. The number of hydrogen-bond acceptors (Lipinski definition) is 6. The Kier molecular flexibility index (Phi) is 6.72. The predicted octanol–water partition coefficient (Wildman–Crippen LogP) is 2.50. The molecule has 0 atom stereocenters. The predicted molar refractivity (Wildman–Crippen MR) is 96.7 cm³/mol. The Morgan fingerprint density at radius 1 is 1.33 bits per heavy atom. The van der Waals surface area contributed by atoms with Crippen LogP contribution in [0.15, 0.2) is 36.0 Å². The Hall–Kier alpha value is -3.60. The van der Waals surface area contributed by atoms with Gasteiger partial charge in [-0.05, 0) is 37.3 Å². The first kappa shape index (κ1) is 19.7. The number of ether oxygens (including phenoxy) is 2. The van der Waals surface area contributed by atoms with Gasteiger partial charge in [0.15, 0.2) is 0 Å². The molecular formula is C19H19N3O5. The summed E-state index contributed by atoms with van der Waals surface area (Å²) in [6.07, 6.45) is 2.89. The molecule has 0 saturated heterocycles. The van der Waals surface area contributed by atoms with Gasteiger partial charge in [-0.2, -0.15) is 10.4 Å². The number of carbonyl (C=O) groups excluding carboxylic acids is 1. The average Bonchev–Trinajstić information content (AvgIpc) is 3.07. The molecule has 8 heteroatoms. The van der Waals surface area contributed by atoms with Crippen LogP contribution in [0.1, 0.15) is 18.9 Å². The maximum Gasteiger partial charge on any atom is 0.348 e. The highest BCUT2D eigenvalue weighted by atomic mass is 16.5. The molecule has 1 N–H and O–H groups in total. The normalized spacial score (nSPS) is 10.9. The fourth-order valence-corrected chi connectivity index (χ4v) is 2.34. The number of nitriles is 1. The zero-order valence-corrected chi connectivity index (χ0v) is 15.0. The van der Waals surface area contributed by atoms with Gasteiger partial charge in [-0.25, -0.2) is 4.79 Å². The molecule has 0 radical (unpaired) electrons. The molecule has 0 aliphatic rings. The van der Waals surface area contributed by atoms with E-state index in [9.17, 15) is 14.9 Å². The topological polar surface area (TPSA) is 114 Å². The van der Waals surface area contributed by atoms with Crippen LogP contribution in [-0.4, -0.2) is 40.5 Å². The second-order valence-electron chi connectivity index (χ2n) is 5.46. The minimum Gasteiger partial charge on any atom is -0.497 e. The quantitative estimate of drug-likeness (QED) is 0.432. The Morgan fingerprint density at radius 2 is 2.04 bits per heavy atom. The van der Waals surface area contributed by atoms with Crippen molar-refractivity contribution in [3.8, 4) is 23.1 Å². The first-order chi connectivity index (χ1) is 13.0. The molecule has 1 aromatic carbocycles. The first-order valence-corrected chi connectivity index (χ1v) is 8.21. The number of nitrogens with zero attached hydrogens (tertiary/aromatic N) is 3. The molecule has 2 rings (SSSR count). The molecule has 0 bridgehead atoms. The lowest BCUT2D eigenvalue weighted by molar-refractivity contribution is -0.138. The summed E-state index contributed by atoms with van der Waals surface area (Å²) in [5.41, 5.74) is 1.59. The van der Waals surface area contributed by atoms with E-state index in [1.165, 1.54) is 10.8 Å². The number of carbonyl (C=O) groups is 2. The Morgan fingerprint density at radius 3 is 2.59 bits per heavy atom. The van der Waals surface area contributed by atoms with Crippen molar-refractivity contribution < 1.29 is 24.2 Å². The number of hydrogen-bond donors (Lipinski definition) is 1. The average molecular weight is 369 g/mol. The summed E-state index contributed by atoms with van der Waals surface area (Å²) < 4.78 is 11.5. The van der Waals surface area contributed by atoms with Gasteiger partial charge in [-0.3, -0.25) is 9.48 Å². The number of carboxylic acids is 1. The molecule has 140 valence electrons. The number of aliphatic carboxylic acids is 1. The van der Waals surface area contributed by atoms with E-state index in [1.807, 2.05) is 6.07 Å². The number of benzene rings is 1. The summed E-state index contributed by atoms with van der Waals surface area (Å²) in [6, 6.07) is 8.92. The maximum atomic E-state index is 11.9. The zero-order valence-electron chi connectivity index (χ0n) is 15.0. The highest BCUT2D eigenvalue weighted by molar-refractivity contribution is 5.98. The molecule has 0 saturated carbocycles. The molecule has 8 nitrogen and oxygen atoms in total. The van der Waals surface area contributed by atoms with Gasteiger partial charge in [0.1, 0.15) is 17.4 Å². The van der Waals surface area contributed by atoms with Crippen molar-refractivity contribution in [1.82, 2.24) is 9.78 Å². The second-order valence-corrected chi connectivity index (χ2v) is 5.46. The Balaban J connectivity index is 2.47. The molecule has 1 heterocycles. The molecule has 0 unspecified atom stereocenters. The molecule has 0 aliphatic carbocycles. The van der Waals surface area contributed by atoms with Crippen LogP contribution in [0.2, 0.25) is 0 Å². The largest absolute Gasteiger partial charge is 0.497 e. The highest BCUT2D eigenvalue weighted by Gasteiger charge is 2.15. The molecule has 2 aromatic rings. The fourth-order valence-electron chi connectivity index (χ4n) is 2.34. The maximum absolute atomic E-state index is 11.9. The summed E-state index contributed by atoms with van der Waals surface area (Å²) in [4.78, 5) is 22.7. The van der Waals surface area contributed by atoms with E-state index >= 15 is 0 Å². The second kappa shape index (κ2) is 9.20. The van der Waals surface area contributed by atoms with Crippen LogP contribution in [0, 0.1) is 11.3 Å². The zero-order chi connectivity index (χ0) is 19.8. The minimum absolute atomic E-state index is 0.101. The van der Waals surface area contributed by atoms with E-state index in [2.05, 4.69) is 5.10 Å². The number of methoxy groups -OCH3 is 1. The summed E-state index contributed by atoms with van der Waals surface area (Å²) in [7, 11) is 1.56. The third-order valence-electron chi connectivity index (χ3n) is 3.62. The standard InChI is InChI=1S/C19H19N3O5/c1-3-27-19(25)14(11-20)10-15-12-22(9-8-17(23)24)21-18(15)13-4-6-16(26-2)7-5-13/h4-7,10,12H,3,8-9H2,1-2H3,(H,23,24). The van der Waals surface area contributed by atoms with E-state index in [0.29, 0.717) is 17.0 Å². The number of aromatic nitrogens is 2. The van der Waals surface area contributed by atoms with E-state index < -0.39 is 11.9 Å². The molecule has 27 heavy (non-hydrogen) atoms. The monoisotopic (exact) mass is 369 g/mol. The van der Waals surface area contributed by atoms with Gasteiger partial charge < -0.3 is 14.6 Å². The van der Waals surface area contributed by atoms with Gasteiger partial charge in [0.2, 0.25) is 0 Å². The van der Waals surface area contributed by atoms with E-state index in [1.54, 1.807) is 44.5 Å². The smallest absolute Gasteiger partial charge is 0.348 e. The van der Waals surface area contributed by atoms with Crippen LogP contribution in [-0.2, 0) is 20.9 Å². The Labute approximate surface area is 156 Å². The van der Waals surface area contributed by atoms with Crippen LogP contribution in [0.4, 0.5) is 0 Å². The van der Waals surface area contributed by atoms with Crippen LogP contribution >= 0.6 is 0 Å². The lowest BCUT2D eigenvalue weighted by atomic mass is 10.1. The summed E-state index contributed by atoms with van der Waals surface area (Å²) in [5.74, 6) is -0.998. The lowest BCUT2D eigenvalue weighted by Crippen LogP contribution is -2.06. The third-order valence-corrected chi connectivity index (χ3v) is 3.62. The van der Waals surface area contributed by atoms with Crippen LogP contribution in [0.25, 0.3) is 17.3 Å². The van der Waals surface area contributed by atoms with Crippen LogP contribution < -0.4 is 4.74 Å². The Bertz CT molecular complexity index is 891. The van der Waals surface area contributed by atoms with E-state index in [0.717, 1.165) is 5.56 Å². The van der Waals surface area contributed by atoms with Crippen molar-refractivity contribution in [2.45, 2.75) is 19.9 Å². The van der Waals surface area contributed by atoms with Gasteiger partial charge in [-0.1, -0.05) is 0 Å². The van der Waals surface area contributed by atoms with Gasteiger partial charge in [0.25, 0.3) is 0 Å². The van der Waals surface area contributed by atoms with Crippen molar-refractivity contribution in [1.29, 1.82) is 5.26 Å². The van der Waals surface area contributed by atoms with Gasteiger partial charge in [0.05, 0.1) is 32.4 Å². The van der Waals surface area contributed by atoms with Crippen LogP contribution in [0.3, 0.4) is 0 Å². The van der Waals surface area contributed by atoms with Crippen molar-refractivity contribution in [2.24, 2.45) is 0 Å². The summed E-state index contributed by atoms with van der Waals surface area (Å²) >= 11 is 0. The number of esters is 1. The minimum atomic E-state index is -0.946. The van der Waals surface area contributed by atoms with Crippen molar-refractivity contribution in [2.75, 3.05) is 13.7 Å². The molecule has 1 aromatic heterocycles. The fraction of sp³-hybridized carbons (Fsp3) is 0.263. The molecular weight excluding hydrogens is 350 g/mol. The van der Waals surface area contributed by atoms with Crippen molar-refractivity contribution in [3.63, 3.8) is 0 Å². The van der Waals surface area contributed by atoms with E-state index in [-0.39, 0.29) is 25.1 Å². The summed E-state index contributed by atoms with van der Waals surface area (Å²) in [5, 5.41) is 22.5. The van der Waals surface area contributed by atoms with Crippen LogP contribution in [0.5, 0.6) is 5.75 Å². The molecule has 0 amide bonds. The first-order valence-electron chi connectivity index (χ1n) is 8.21. The van der Waals surface area contributed by atoms with Crippen molar-refractivity contribution >= 4 is 18.0 Å². The SMILES string of the molecule is CCOC(=O)C(C#N)=Cc1cn(CCC(=O)O)nc1-c1ccc(OC)cc1. The number of carboxylic acid groups (broad SMARTS) is 1. The van der Waals surface area contributed by atoms with Crippen molar-refractivity contribution in [3.05, 3.63) is 41.6 Å². The van der Waals surface area contributed by atoms with Gasteiger partial charge in [0, 0.05) is 17.3 Å². The molecule has 0 spiro atoms. The number of rotatable bonds is 8. The lowest BCUT2D eigenvalue weighted by Gasteiger charge is -2.03. The highest BCUT2D eigenvalue weighted by Crippen LogP contribution is 2.26. The summed E-state index contributed by atoms with van der Waals surface area (Å²) in [6.45, 7) is 1.97.